The molecule has 2 aromatic carbocycles. The lowest BCUT2D eigenvalue weighted by atomic mass is 10.1. The highest BCUT2D eigenvalue weighted by Gasteiger charge is 2.11. The molecule has 146 valence electrons. The van der Waals surface area contributed by atoms with E-state index in [9.17, 15) is 9.59 Å². The van der Waals surface area contributed by atoms with Crippen LogP contribution in [0.1, 0.15) is 11.3 Å². The number of thiazole rings is 1. The maximum atomic E-state index is 12.0. The molecule has 0 aliphatic heterocycles. The van der Waals surface area contributed by atoms with Gasteiger partial charge < -0.3 is 15.1 Å². The second-order valence-corrected chi connectivity index (χ2v) is 7.50. The Kier molecular flexibility index (Phi) is 5.67. The minimum Gasteiger partial charge on any atom is -0.457 e. The molecule has 0 aliphatic rings. The molecule has 0 saturated heterocycles. The molecular weight excluding hydrogens is 386 g/mol. The van der Waals surface area contributed by atoms with E-state index in [-0.39, 0.29) is 31.3 Å². The van der Waals surface area contributed by atoms with Crippen LogP contribution < -0.4 is 10.6 Å². The Morgan fingerprint density at radius 3 is 2.52 bits per heavy atom. The third-order valence-electron chi connectivity index (χ3n) is 4.28. The van der Waals surface area contributed by atoms with Gasteiger partial charge in [0.25, 0.3) is 0 Å². The lowest BCUT2D eigenvalue weighted by Crippen LogP contribution is -2.37. The van der Waals surface area contributed by atoms with Crippen molar-refractivity contribution in [3.05, 3.63) is 78.1 Å². The topological polar surface area (TPSA) is 84.2 Å². The monoisotopic (exact) mass is 405 g/mol. The molecule has 6 nitrogen and oxygen atoms in total. The van der Waals surface area contributed by atoms with Gasteiger partial charge in [-0.2, -0.15) is 0 Å². The Morgan fingerprint density at radius 2 is 1.69 bits per heavy atom. The number of aromatic nitrogens is 1. The third kappa shape index (κ3) is 4.89. The maximum Gasteiger partial charge on any atom is 0.239 e. The Morgan fingerprint density at radius 1 is 0.897 bits per heavy atom. The van der Waals surface area contributed by atoms with Crippen LogP contribution in [0.4, 0.5) is 0 Å². The van der Waals surface area contributed by atoms with E-state index in [0.717, 1.165) is 20.8 Å². The van der Waals surface area contributed by atoms with Gasteiger partial charge in [0.05, 0.1) is 29.7 Å². The second-order valence-electron chi connectivity index (χ2n) is 6.47. The average molecular weight is 405 g/mol. The van der Waals surface area contributed by atoms with E-state index >= 15 is 0 Å². The fourth-order valence-electron chi connectivity index (χ4n) is 2.84. The Bertz CT molecular complexity index is 1100. The van der Waals surface area contributed by atoms with Crippen LogP contribution in [0, 0.1) is 0 Å². The summed E-state index contributed by atoms with van der Waals surface area (Å²) in [6, 6.07) is 21.0. The maximum absolute atomic E-state index is 12.0. The standard InChI is InChI=1S/C22H19N3O3S/c26-20(12-15-6-2-1-3-7-15)24-14-21(27)23-13-16-10-11-18(28-16)22-25-17-8-4-5-9-19(17)29-22/h1-11H,12-14H2,(H,23,27)(H,24,26). The first-order chi connectivity index (χ1) is 14.2. The van der Waals surface area contributed by atoms with E-state index in [1.807, 2.05) is 66.7 Å². The first-order valence-corrected chi connectivity index (χ1v) is 10.0. The first-order valence-electron chi connectivity index (χ1n) is 9.19. The lowest BCUT2D eigenvalue weighted by Gasteiger charge is -2.06. The number of benzene rings is 2. The highest BCUT2D eigenvalue weighted by Crippen LogP contribution is 2.31. The number of para-hydroxylation sites is 1. The van der Waals surface area contributed by atoms with E-state index in [1.54, 1.807) is 11.3 Å². The van der Waals surface area contributed by atoms with Gasteiger partial charge >= 0.3 is 0 Å². The van der Waals surface area contributed by atoms with Gasteiger partial charge in [0.2, 0.25) is 11.8 Å². The summed E-state index contributed by atoms with van der Waals surface area (Å²) in [5, 5.41) is 6.17. The third-order valence-corrected chi connectivity index (χ3v) is 5.33. The number of carbonyl (C=O) groups excluding carboxylic acids is 2. The molecule has 4 rings (SSSR count). The van der Waals surface area contributed by atoms with E-state index in [4.69, 9.17) is 4.42 Å². The number of hydrogen-bond acceptors (Lipinski definition) is 5. The quantitative estimate of drug-likeness (QED) is 0.493. The van der Waals surface area contributed by atoms with E-state index in [2.05, 4.69) is 15.6 Å². The zero-order valence-electron chi connectivity index (χ0n) is 15.6. The number of amides is 2. The van der Waals surface area contributed by atoms with Crippen molar-refractivity contribution in [3.63, 3.8) is 0 Å². The zero-order valence-corrected chi connectivity index (χ0v) is 16.4. The number of nitrogens with one attached hydrogen (secondary N) is 2. The highest BCUT2D eigenvalue weighted by molar-refractivity contribution is 7.21. The Labute approximate surface area is 171 Å². The van der Waals surface area contributed by atoms with Crippen molar-refractivity contribution >= 4 is 33.4 Å². The van der Waals surface area contributed by atoms with Gasteiger partial charge in [-0.25, -0.2) is 4.98 Å². The van der Waals surface area contributed by atoms with Crippen LogP contribution in [0.15, 0.2) is 71.1 Å². The largest absolute Gasteiger partial charge is 0.457 e. The summed E-state index contributed by atoms with van der Waals surface area (Å²) < 4.78 is 6.90. The molecule has 2 aromatic heterocycles. The molecule has 0 bridgehead atoms. The number of hydrogen-bond donors (Lipinski definition) is 2. The van der Waals surface area contributed by atoms with Gasteiger partial charge in [0, 0.05) is 0 Å². The number of rotatable bonds is 7. The zero-order chi connectivity index (χ0) is 20.1. The van der Waals surface area contributed by atoms with Crippen LogP contribution >= 0.6 is 11.3 Å². The van der Waals surface area contributed by atoms with Gasteiger partial charge in [-0.05, 0) is 29.8 Å². The van der Waals surface area contributed by atoms with Crippen LogP contribution in [0.5, 0.6) is 0 Å². The summed E-state index contributed by atoms with van der Waals surface area (Å²) in [7, 11) is 0. The summed E-state index contributed by atoms with van der Waals surface area (Å²) in [4.78, 5) is 28.5. The van der Waals surface area contributed by atoms with Crippen molar-refractivity contribution in [3.8, 4) is 10.8 Å². The summed E-state index contributed by atoms with van der Waals surface area (Å²) in [6.45, 7) is 0.176. The molecule has 0 aliphatic carbocycles. The molecular formula is C22H19N3O3S. The molecule has 0 spiro atoms. The normalized spacial score (nSPS) is 10.8. The minimum atomic E-state index is -0.274. The van der Waals surface area contributed by atoms with Gasteiger partial charge in [-0.1, -0.05) is 42.5 Å². The average Bonchev–Trinajstić information content (AvgIpc) is 3.38. The van der Waals surface area contributed by atoms with Gasteiger partial charge in [-0.3, -0.25) is 9.59 Å². The van der Waals surface area contributed by atoms with Crippen molar-refractivity contribution in [2.24, 2.45) is 0 Å². The van der Waals surface area contributed by atoms with Crippen LogP contribution in [0.2, 0.25) is 0 Å². The predicted octanol–water partition coefficient (Wildman–Crippen LogP) is 3.53. The van der Waals surface area contributed by atoms with Gasteiger partial charge in [0.1, 0.15) is 5.76 Å². The predicted molar refractivity (Wildman–Crippen MR) is 112 cm³/mol. The fourth-order valence-corrected chi connectivity index (χ4v) is 3.76. The van der Waals surface area contributed by atoms with E-state index < -0.39 is 0 Å². The molecule has 2 heterocycles. The van der Waals surface area contributed by atoms with Crippen LogP contribution in [-0.2, 0) is 22.6 Å². The summed E-state index contributed by atoms with van der Waals surface area (Å²) >= 11 is 1.56. The van der Waals surface area contributed by atoms with Crippen molar-refractivity contribution in [1.29, 1.82) is 0 Å². The van der Waals surface area contributed by atoms with Gasteiger partial charge in [0.15, 0.2) is 10.8 Å². The molecule has 2 amide bonds. The lowest BCUT2D eigenvalue weighted by molar-refractivity contribution is -0.125. The number of carbonyl (C=O) groups is 2. The molecule has 2 N–H and O–H groups in total. The Balaban J connectivity index is 1.26. The van der Waals surface area contributed by atoms with Crippen molar-refractivity contribution in [2.45, 2.75) is 13.0 Å². The van der Waals surface area contributed by atoms with Crippen molar-refractivity contribution in [2.75, 3.05) is 6.54 Å². The SMILES string of the molecule is O=C(CNC(=O)Cc1ccccc1)NCc1ccc(-c2nc3ccccc3s2)o1. The van der Waals surface area contributed by atoms with E-state index in [0.29, 0.717) is 11.5 Å². The summed E-state index contributed by atoms with van der Waals surface area (Å²) in [6.07, 6.45) is 0.248. The van der Waals surface area contributed by atoms with Gasteiger partial charge in [-0.15, -0.1) is 11.3 Å². The molecule has 0 atom stereocenters. The van der Waals surface area contributed by atoms with Crippen molar-refractivity contribution < 1.29 is 14.0 Å². The van der Waals surface area contributed by atoms with Crippen molar-refractivity contribution in [1.82, 2.24) is 15.6 Å². The number of nitrogens with zero attached hydrogens (tertiary/aromatic N) is 1. The molecule has 0 unspecified atom stereocenters. The molecule has 4 aromatic rings. The minimum absolute atomic E-state index is 0.0723. The second kappa shape index (κ2) is 8.70. The summed E-state index contributed by atoms with van der Waals surface area (Å²) in [5.41, 5.74) is 1.84. The summed E-state index contributed by atoms with van der Waals surface area (Å²) in [5.74, 6) is 0.835. The van der Waals surface area contributed by atoms with E-state index in [1.165, 1.54) is 0 Å². The van der Waals surface area contributed by atoms with Crippen LogP contribution in [0.3, 0.4) is 0 Å². The van der Waals surface area contributed by atoms with Crippen LogP contribution in [0.25, 0.3) is 21.0 Å². The molecule has 0 saturated carbocycles. The number of furan rings is 1. The number of fused-ring (bicyclic) bond motifs is 1. The first kappa shape index (κ1) is 18.9. The molecule has 29 heavy (non-hydrogen) atoms. The van der Waals surface area contributed by atoms with Crippen LogP contribution in [-0.4, -0.2) is 23.3 Å². The molecule has 0 radical (unpaired) electrons. The highest BCUT2D eigenvalue weighted by atomic mass is 32.1. The molecule has 0 fully saturated rings. The molecule has 7 heteroatoms. The Hall–Kier alpha value is -3.45. The fraction of sp³-hybridized carbons (Fsp3) is 0.136. The smallest absolute Gasteiger partial charge is 0.239 e.